The van der Waals surface area contributed by atoms with E-state index >= 15 is 0 Å². The predicted molar refractivity (Wildman–Crippen MR) is 71.5 cm³/mol. The van der Waals surface area contributed by atoms with E-state index in [1.165, 1.54) is 51.6 Å². The molecule has 104 valence electrons. The minimum Gasteiger partial charge on any atom is -0.463 e. The molecule has 2 heterocycles. The van der Waals surface area contributed by atoms with Crippen molar-refractivity contribution >= 4 is 5.97 Å². The Hall–Kier alpha value is -0.610. The van der Waals surface area contributed by atoms with Crippen LogP contribution < -0.4 is 0 Å². The number of likely N-dealkylation sites (tertiary alicyclic amines) is 2. The number of carbonyl (C=O) groups excluding carboxylic acids is 1. The van der Waals surface area contributed by atoms with Crippen molar-refractivity contribution in [1.82, 2.24) is 9.80 Å². The summed E-state index contributed by atoms with van der Waals surface area (Å²) in [6, 6.07) is 0. The minimum atomic E-state index is -0.0473. The van der Waals surface area contributed by atoms with Gasteiger partial charge in [-0.05, 0) is 51.9 Å². The van der Waals surface area contributed by atoms with Gasteiger partial charge in [0, 0.05) is 6.54 Å². The van der Waals surface area contributed by atoms with E-state index in [-0.39, 0.29) is 5.97 Å². The maximum absolute atomic E-state index is 11.7. The Labute approximate surface area is 110 Å². The van der Waals surface area contributed by atoms with Gasteiger partial charge in [0.15, 0.2) is 0 Å². The number of ether oxygens (including phenoxy) is 1. The van der Waals surface area contributed by atoms with Gasteiger partial charge in [-0.25, -0.2) is 0 Å². The van der Waals surface area contributed by atoms with Gasteiger partial charge in [0.1, 0.15) is 6.61 Å². The van der Waals surface area contributed by atoms with Crippen molar-refractivity contribution in [2.24, 2.45) is 0 Å². The lowest BCUT2D eigenvalue weighted by Crippen LogP contribution is -2.37. The smallest absolute Gasteiger partial charge is 0.320 e. The third-order valence-corrected chi connectivity index (χ3v) is 3.92. The summed E-state index contributed by atoms with van der Waals surface area (Å²) < 4.78 is 5.33. The highest BCUT2D eigenvalue weighted by molar-refractivity contribution is 5.71. The fourth-order valence-corrected chi connectivity index (χ4v) is 2.82. The summed E-state index contributed by atoms with van der Waals surface area (Å²) in [5, 5.41) is 0. The molecule has 0 unspecified atom stereocenters. The summed E-state index contributed by atoms with van der Waals surface area (Å²) >= 11 is 0. The van der Waals surface area contributed by atoms with Gasteiger partial charge in [-0.2, -0.15) is 0 Å². The summed E-state index contributed by atoms with van der Waals surface area (Å²) in [7, 11) is 0. The zero-order valence-electron chi connectivity index (χ0n) is 11.4. The number of rotatable bonds is 5. The topological polar surface area (TPSA) is 32.8 Å². The first-order valence-corrected chi connectivity index (χ1v) is 7.45. The number of esters is 1. The molecule has 4 heteroatoms. The van der Waals surface area contributed by atoms with Crippen molar-refractivity contribution < 1.29 is 9.53 Å². The lowest BCUT2D eigenvalue weighted by molar-refractivity contribution is -0.145. The lowest BCUT2D eigenvalue weighted by atomic mass is 10.1. The van der Waals surface area contributed by atoms with E-state index in [1.54, 1.807) is 0 Å². The molecule has 0 aromatic rings. The maximum Gasteiger partial charge on any atom is 0.320 e. The minimum absolute atomic E-state index is 0.0473. The third-order valence-electron chi connectivity index (χ3n) is 3.92. The van der Waals surface area contributed by atoms with Crippen LogP contribution in [0.2, 0.25) is 0 Å². The molecule has 0 aromatic heterocycles. The summed E-state index contributed by atoms with van der Waals surface area (Å²) in [5.41, 5.74) is 0. The van der Waals surface area contributed by atoms with Crippen LogP contribution in [0.15, 0.2) is 0 Å². The van der Waals surface area contributed by atoms with Crippen LogP contribution in [0, 0.1) is 0 Å². The lowest BCUT2D eigenvalue weighted by Gasteiger charge is -2.27. The Morgan fingerprint density at radius 3 is 2.00 bits per heavy atom. The van der Waals surface area contributed by atoms with Gasteiger partial charge in [0.05, 0.1) is 6.54 Å². The molecule has 2 saturated heterocycles. The first-order valence-electron chi connectivity index (χ1n) is 7.45. The van der Waals surface area contributed by atoms with E-state index in [1.807, 2.05) is 0 Å². The first-order chi connectivity index (χ1) is 8.84. The largest absolute Gasteiger partial charge is 0.463 e. The molecule has 0 atom stereocenters. The molecule has 0 aliphatic carbocycles. The van der Waals surface area contributed by atoms with Gasteiger partial charge in [-0.1, -0.05) is 12.8 Å². The van der Waals surface area contributed by atoms with E-state index < -0.39 is 0 Å². The molecule has 0 radical (unpaired) electrons. The SMILES string of the molecule is O=C(CN1CCCCC1)OCCN1CCCCC1. The highest BCUT2D eigenvalue weighted by atomic mass is 16.5. The first kappa shape index (κ1) is 13.8. The van der Waals surface area contributed by atoms with Crippen molar-refractivity contribution in [3.05, 3.63) is 0 Å². The quantitative estimate of drug-likeness (QED) is 0.696. The highest BCUT2D eigenvalue weighted by Gasteiger charge is 2.15. The molecule has 2 fully saturated rings. The number of hydrogen-bond donors (Lipinski definition) is 0. The van der Waals surface area contributed by atoms with Gasteiger partial charge in [-0.15, -0.1) is 0 Å². The summed E-state index contributed by atoms with van der Waals surface area (Å²) in [4.78, 5) is 16.3. The van der Waals surface area contributed by atoms with Crippen LogP contribution in [0.3, 0.4) is 0 Å². The number of piperidine rings is 2. The van der Waals surface area contributed by atoms with Crippen LogP contribution in [-0.4, -0.2) is 61.6 Å². The molecule has 0 bridgehead atoms. The van der Waals surface area contributed by atoms with E-state index in [0.717, 1.165) is 19.6 Å². The number of carbonyl (C=O) groups is 1. The van der Waals surface area contributed by atoms with Crippen molar-refractivity contribution in [3.63, 3.8) is 0 Å². The second-order valence-corrected chi connectivity index (χ2v) is 5.46. The van der Waals surface area contributed by atoms with E-state index in [2.05, 4.69) is 9.80 Å². The van der Waals surface area contributed by atoms with Crippen molar-refractivity contribution in [1.29, 1.82) is 0 Å². The molecular formula is C14H26N2O2. The Morgan fingerprint density at radius 1 is 0.833 bits per heavy atom. The van der Waals surface area contributed by atoms with Gasteiger partial charge in [0.25, 0.3) is 0 Å². The Balaban J connectivity index is 1.53. The summed E-state index contributed by atoms with van der Waals surface area (Å²) in [6.07, 6.45) is 7.69. The van der Waals surface area contributed by atoms with E-state index in [0.29, 0.717) is 13.2 Å². The normalized spacial score (nSPS) is 22.9. The molecule has 0 spiro atoms. The molecule has 0 aromatic carbocycles. The van der Waals surface area contributed by atoms with Gasteiger partial charge < -0.3 is 4.74 Å². The second-order valence-electron chi connectivity index (χ2n) is 5.46. The fourth-order valence-electron chi connectivity index (χ4n) is 2.82. The van der Waals surface area contributed by atoms with Crippen molar-refractivity contribution in [2.45, 2.75) is 38.5 Å². The van der Waals surface area contributed by atoms with Crippen molar-refractivity contribution in [2.75, 3.05) is 45.9 Å². The van der Waals surface area contributed by atoms with E-state index in [9.17, 15) is 4.79 Å². The van der Waals surface area contributed by atoms with Crippen LogP contribution in [0.25, 0.3) is 0 Å². The Morgan fingerprint density at radius 2 is 1.39 bits per heavy atom. The van der Waals surface area contributed by atoms with Crippen molar-refractivity contribution in [3.8, 4) is 0 Å². The second kappa shape index (κ2) is 7.74. The van der Waals surface area contributed by atoms with Crippen LogP contribution in [0.1, 0.15) is 38.5 Å². The molecule has 4 nitrogen and oxygen atoms in total. The van der Waals surface area contributed by atoms with Gasteiger partial charge in [0.2, 0.25) is 0 Å². The summed E-state index contributed by atoms with van der Waals surface area (Å²) in [6.45, 7) is 6.41. The molecular weight excluding hydrogens is 228 g/mol. The fraction of sp³-hybridized carbons (Fsp3) is 0.929. The number of hydrogen-bond acceptors (Lipinski definition) is 4. The molecule has 0 saturated carbocycles. The molecule has 0 N–H and O–H groups in total. The third kappa shape index (κ3) is 4.94. The van der Waals surface area contributed by atoms with Gasteiger partial charge in [-0.3, -0.25) is 14.6 Å². The Kier molecular flexibility index (Phi) is 5.94. The Bertz CT molecular complexity index is 246. The molecule has 0 amide bonds. The maximum atomic E-state index is 11.7. The van der Waals surface area contributed by atoms with E-state index in [4.69, 9.17) is 4.74 Å². The van der Waals surface area contributed by atoms with Crippen LogP contribution >= 0.6 is 0 Å². The van der Waals surface area contributed by atoms with Crippen LogP contribution in [0.4, 0.5) is 0 Å². The summed E-state index contributed by atoms with van der Waals surface area (Å²) in [5.74, 6) is -0.0473. The molecule has 2 aliphatic heterocycles. The average Bonchev–Trinajstić information content (AvgIpc) is 2.41. The molecule has 2 aliphatic rings. The zero-order chi connectivity index (χ0) is 12.6. The number of nitrogens with zero attached hydrogens (tertiary/aromatic N) is 2. The molecule has 18 heavy (non-hydrogen) atoms. The van der Waals surface area contributed by atoms with Gasteiger partial charge >= 0.3 is 5.97 Å². The molecule has 2 rings (SSSR count). The highest BCUT2D eigenvalue weighted by Crippen LogP contribution is 2.09. The zero-order valence-corrected chi connectivity index (χ0v) is 11.4. The monoisotopic (exact) mass is 254 g/mol. The predicted octanol–water partition coefficient (Wildman–Crippen LogP) is 1.50. The average molecular weight is 254 g/mol. The van der Waals surface area contributed by atoms with Crippen LogP contribution in [-0.2, 0) is 9.53 Å². The van der Waals surface area contributed by atoms with Crippen LogP contribution in [0.5, 0.6) is 0 Å². The standard InChI is InChI=1S/C14H26N2O2/c17-14(13-16-9-5-2-6-10-16)18-12-11-15-7-3-1-4-8-15/h1-13H2.